The minimum absolute atomic E-state index is 0.236. The highest BCUT2D eigenvalue weighted by Gasteiger charge is 2.34. The summed E-state index contributed by atoms with van der Waals surface area (Å²) in [6.45, 7) is 1.60. The number of hydrogen-bond acceptors (Lipinski definition) is 6. The Hall–Kier alpha value is -3.46. The predicted molar refractivity (Wildman–Crippen MR) is 192 cm³/mol. The Bertz CT molecular complexity index is 1840. The number of para-hydroxylation sites is 2. The lowest BCUT2D eigenvalue weighted by atomic mass is 9.92. The van der Waals surface area contributed by atoms with Crippen molar-refractivity contribution >= 4 is 49.7 Å². The second kappa shape index (κ2) is 15.2. The Morgan fingerprint density at radius 2 is 1.60 bits per heavy atom. The van der Waals surface area contributed by atoms with Crippen molar-refractivity contribution in [1.82, 2.24) is 10.3 Å². The molecule has 0 amide bonds. The largest absolute Gasteiger partial charge is 0.384 e. The third kappa shape index (κ3) is 7.50. The molecule has 9 heteroatoms. The average Bonchev–Trinajstić information content (AvgIpc) is 3.14. The first-order chi connectivity index (χ1) is 22.8. The highest BCUT2D eigenvalue weighted by atomic mass is 35.5. The summed E-state index contributed by atoms with van der Waals surface area (Å²) >= 11 is 6.23. The van der Waals surface area contributed by atoms with E-state index in [1.54, 1.807) is 19.2 Å². The lowest BCUT2D eigenvalue weighted by molar-refractivity contribution is -0.119. The fraction of sp³-hybridized carbons (Fsp3) is 0.421. The quantitative estimate of drug-likeness (QED) is 0.131. The highest BCUT2D eigenvalue weighted by Crippen LogP contribution is 2.41. The number of pyridine rings is 1. The first-order valence-corrected chi connectivity index (χ1v) is 18.9. The van der Waals surface area contributed by atoms with E-state index in [0.717, 1.165) is 75.5 Å². The van der Waals surface area contributed by atoms with Gasteiger partial charge in [0.1, 0.15) is 5.78 Å². The van der Waals surface area contributed by atoms with E-state index in [4.69, 9.17) is 16.6 Å². The fourth-order valence-electron chi connectivity index (χ4n) is 7.06. The monoisotopic (exact) mass is 672 g/mol. The average molecular weight is 673 g/mol. The Morgan fingerprint density at radius 1 is 0.872 bits per heavy atom. The van der Waals surface area contributed by atoms with Crippen molar-refractivity contribution in [3.05, 3.63) is 94.1 Å². The summed E-state index contributed by atoms with van der Waals surface area (Å²) in [4.78, 5) is 17.8. The van der Waals surface area contributed by atoms with Crippen molar-refractivity contribution in [2.45, 2.75) is 88.0 Å². The minimum atomic E-state index is -3.74. The standard InChI is InChI=1S/C38H45ClN4O3S/c1-43-35-21-10-7-18-31(35)38(32-23-22-27(39)26-36(32)47(43,45)46)41-24-12-3-2-4-14-28(44)15-11-13-25-40-37-29-16-5-8-19-33(29)42-34-20-9-6-17-30(34)37/h5,7-8,10,16,18-19,21-23,26,38,41H,2-4,6,9,11-15,17,20,24-25H2,1H3,(H,40,42). The molecule has 2 aliphatic rings. The second-order valence-electron chi connectivity index (χ2n) is 12.8. The number of aromatic nitrogens is 1. The maximum absolute atomic E-state index is 13.4. The summed E-state index contributed by atoms with van der Waals surface area (Å²) in [5, 5.41) is 8.93. The molecule has 4 aromatic rings. The van der Waals surface area contributed by atoms with Gasteiger partial charge in [-0.2, -0.15) is 0 Å². The summed E-state index contributed by atoms with van der Waals surface area (Å²) in [5.41, 5.74) is 7.24. The van der Waals surface area contributed by atoms with Crippen molar-refractivity contribution in [3.63, 3.8) is 0 Å². The number of anilines is 2. The van der Waals surface area contributed by atoms with Gasteiger partial charge < -0.3 is 10.6 Å². The molecule has 1 unspecified atom stereocenters. The highest BCUT2D eigenvalue weighted by molar-refractivity contribution is 7.92. The van der Waals surface area contributed by atoms with Crippen LogP contribution in [0.1, 0.15) is 92.6 Å². The lowest BCUT2D eigenvalue weighted by Crippen LogP contribution is -2.26. The maximum atomic E-state index is 13.4. The van der Waals surface area contributed by atoms with Gasteiger partial charge in [0.2, 0.25) is 0 Å². The van der Waals surface area contributed by atoms with Crippen LogP contribution in [0.4, 0.5) is 11.4 Å². The minimum Gasteiger partial charge on any atom is -0.384 e. The normalized spacial score (nSPS) is 16.6. The number of nitrogens with zero attached hydrogens (tertiary/aromatic N) is 2. The van der Waals surface area contributed by atoms with Crippen LogP contribution in [0.5, 0.6) is 0 Å². The molecular weight excluding hydrogens is 628 g/mol. The van der Waals surface area contributed by atoms with Gasteiger partial charge in [-0.15, -0.1) is 0 Å². The number of carbonyl (C=O) groups excluding carboxylic acids is 1. The fourth-order valence-corrected chi connectivity index (χ4v) is 8.78. The summed E-state index contributed by atoms with van der Waals surface area (Å²) in [6, 6.07) is 20.9. The van der Waals surface area contributed by atoms with Crippen LogP contribution in [0.15, 0.2) is 71.6 Å². The number of fused-ring (bicyclic) bond motifs is 4. The van der Waals surface area contributed by atoms with Crippen molar-refractivity contribution in [2.75, 3.05) is 29.8 Å². The first kappa shape index (κ1) is 33.4. The predicted octanol–water partition coefficient (Wildman–Crippen LogP) is 8.39. The van der Waals surface area contributed by atoms with Gasteiger partial charge >= 0.3 is 0 Å². The van der Waals surface area contributed by atoms with Crippen molar-refractivity contribution in [3.8, 4) is 0 Å². The van der Waals surface area contributed by atoms with E-state index in [1.807, 2.05) is 30.3 Å². The molecule has 1 aromatic heterocycles. The van der Waals surface area contributed by atoms with Crippen LogP contribution in [-0.4, -0.2) is 39.3 Å². The molecule has 2 heterocycles. The summed E-state index contributed by atoms with van der Waals surface area (Å²) in [6.07, 6.45) is 11.6. The van der Waals surface area contributed by atoms with Crippen LogP contribution >= 0.6 is 11.6 Å². The molecule has 6 rings (SSSR count). The molecular formula is C38H45ClN4O3S. The number of rotatable bonds is 14. The number of nitrogens with one attached hydrogen (secondary N) is 2. The summed E-state index contributed by atoms with van der Waals surface area (Å²) < 4.78 is 28.2. The van der Waals surface area contributed by atoms with Crippen LogP contribution in [0.2, 0.25) is 5.02 Å². The number of sulfonamides is 1. The molecule has 3 aromatic carbocycles. The number of hydrogen-bond donors (Lipinski definition) is 2. The van der Waals surface area contributed by atoms with Crippen LogP contribution in [-0.2, 0) is 27.7 Å². The van der Waals surface area contributed by atoms with E-state index < -0.39 is 10.0 Å². The molecule has 0 radical (unpaired) electrons. The zero-order valence-corrected chi connectivity index (χ0v) is 28.8. The molecule has 1 aliphatic heterocycles. The van der Waals surface area contributed by atoms with Gasteiger partial charge in [-0.1, -0.05) is 66.9 Å². The Labute approximate surface area is 284 Å². The van der Waals surface area contributed by atoms with E-state index in [1.165, 1.54) is 39.5 Å². The van der Waals surface area contributed by atoms with Crippen molar-refractivity contribution in [1.29, 1.82) is 0 Å². The third-order valence-corrected chi connectivity index (χ3v) is 11.7. The molecule has 0 saturated carbocycles. The number of carbonyl (C=O) groups is 1. The molecule has 7 nitrogen and oxygen atoms in total. The van der Waals surface area contributed by atoms with E-state index in [-0.39, 0.29) is 10.9 Å². The molecule has 0 saturated heterocycles. The van der Waals surface area contributed by atoms with Gasteiger partial charge in [0.15, 0.2) is 0 Å². The van der Waals surface area contributed by atoms with Gasteiger partial charge in [-0.05, 0) is 98.9 Å². The van der Waals surface area contributed by atoms with Gasteiger partial charge in [-0.3, -0.25) is 14.1 Å². The molecule has 0 spiro atoms. The van der Waals surface area contributed by atoms with Crippen LogP contribution in [0.3, 0.4) is 0 Å². The van der Waals surface area contributed by atoms with Crippen molar-refractivity contribution in [2.24, 2.45) is 0 Å². The van der Waals surface area contributed by atoms with Gasteiger partial charge in [0.25, 0.3) is 10.0 Å². The molecule has 0 bridgehead atoms. The van der Waals surface area contributed by atoms with Crippen LogP contribution < -0.4 is 14.9 Å². The Morgan fingerprint density at radius 3 is 2.47 bits per heavy atom. The Balaban J connectivity index is 0.921. The summed E-state index contributed by atoms with van der Waals surface area (Å²) in [5.74, 6) is 0.352. The Kier molecular flexibility index (Phi) is 10.8. The molecule has 1 aliphatic carbocycles. The number of aryl methyl sites for hydroxylation is 1. The van der Waals surface area contributed by atoms with Gasteiger partial charge in [0.05, 0.1) is 22.1 Å². The number of Topliss-reactive ketones (excluding diaryl/α,β-unsaturated/α-hetero) is 1. The van der Waals surface area contributed by atoms with E-state index >= 15 is 0 Å². The number of benzene rings is 3. The molecule has 248 valence electrons. The van der Waals surface area contributed by atoms with E-state index in [9.17, 15) is 13.2 Å². The van der Waals surface area contributed by atoms with E-state index in [2.05, 4.69) is 34.9 Å². The van der Waals surface area contributed by atoms with Crippen molar-refractivity contribution < 1.29 is 13.2 Å². The second-order valence-corrected chi connectivity index (χ2v) is 15.2. The first-order valence-electron chi connectivity index (χ1n) is 17.1. The van der Waals surface area contributed by atoms with E-state index in [0.29, 0.717) is 34.9 Å². The van der Waals surface area contributed by atoms with Crippen LogP contribution in [0.25, 0.3) is 10.9 Å². The maximum Gasteiger partial charge on any atom is 0.264 e. The number of halogens is 1. The van der Waals surface area contributed by atoms with Gasteiger partial charge in [-0.25, -0.2) is 8.42 Å². The SMILES string of the molecule is CN1c2ccccc2C(NCCCCCCC(=O)CCCCNc2c3c(nc4ccccc24)CCCC3)c2ccc(Cl)cc2S1(=O)=O. The molecule has 0 fully saturated rings. The zero-order chi connectivity index (χ0) is 32.8. The summed E-state index contributed by atoms with van der Waals surface area (Å²) in [7, 11) is -2.15. The lowest BCUT2D eigenvalue weighted by Gasteiger charge is -2.22. The molecule has 47 heavy (non-hydrogen) atoms. The van der Waals surface area contributed by atoms with Gasteiger partial charge in [0, 0.05) is 48.2 Å². The molecule has 2 N–H and O–H groups in total. The topological polar surface area (TPSA) is 91.4 Å². The zero-order valence-electron chi connectivity index (χ0n) is 27.2. The third-order valence-electron chi connectivity index (χ3n) is 9.60. The number of unbranched alkanes of at least 4 members (excludes halogenated alkanes) is 4. The molecule has 1 atom stereocenters. The van der Waals surface area contributed by atoms with Crippen LogP contribution in [0, 0.1) is 0 Å². The smallest absolute Gasteiger partial charge is 0.264 e. The number of ketones is 1.